The largest absolute Gasteiger partial charge is 0.370 e. The number of nitrogens with zero attached hydrogens (tertiary/aromatic N) is 2. The number of piperidine rings is 1. The van der Waals surface area contributed by atoms with E-state index >= 15 is 0 Å². The van der Waals surface area contributed by atoms with Crippen LogP contribution in [0.15, 0.2) is 12.3 Å². The first kappa shape index (κ1) is 12.7. The van der Waals surface area contributed by atoms with E-state index in [1.54, 1.807) is 0 Å². The van der Waals surface area contributed by atoms with Gasteiger partial charge in [-0.1, -0.05) is 25.4 Å². The Labute approximate surface area is 108 Å². The van der Waals surface area contributed by atoms with E-state index in [0.717, 1.165) is 35.9 Å². The molecule has 1 fully saturated rings. The average Bonchev–Trinajstić information content (AvgIpc) is 2.26. The van der Waals surface area contributed by atoms with Crippen molar-refractivity contribution in [1.82, 2.24) is 4.98 Å². The monoisotopic (exact) mass is 253 g/mol. The minimum Gasteiger partial charge on any atom is -0.370 e. The average molecular weight is 254 g/mol. The van der Waals surface area contributed by atoms with Gasteiger partial charge in [0.05, 0.1) is 16.4 Å². The highest BCUT2D eigenvalue weighted by atomic mass is 35.5. The first-order chi connectivity index (χ1) is 7.92. The number of rotatable bonds is 1. The molecule has 17 heavy (non-hydrogen) atoms. The molecule has 1 unspecified atom stereocenters. The van der Waals surface area contributed by atoms with Crippen LogP contribution in [0.25, 0.3) is 0 Å². The maximum absolute atomic E-state index is 6.32. The van der Waals surface area contributed by atoms with E-state index in [0.29, 0.717) is 0 Å². The molecule has 2 rings (SSSR count). The predicted octanol–water partition coefficient (Wildman–Crippen LogP) is 2.61. The zero-order valence-corrected chi connectivity index (χ0v) is 11.5. The normalized spacial score (nSPS) is 23.8. The van der Waals surface area contributed by atoms with Crippen molar-refractivity contribution in [2.75, 3.05) is 18.0 Å². The Balaban J connectivity index is 2.27. The standard InChI is InChI=1S/C13H20ClN3/c1-9-12(14)10(4-6-16-9)17-7-5-11(15)13(2,3)8-17/h4,6,11H,5,7-8,15H2,1-3H3. The molecule has 0 bridgehead atoms. The molecule has 1 aliphatic rings. The molecule has 0 aliphatic carbocycles. The molecule has 3 nitrogen and oxygen atoms in total. The van der Waals surface area contributed by atoms with Crippen molar-refractivity contribution < 1.29 is 0 Å². The maximum atomic E-state index is 6.32. The molecule has 2 N–H and O–H groups in total. The summed E-state index contributed by atoms with van der Waals surface area (Å²) >= 11 is 6.32. The smallest absolute Gasteiger partial charge is 0.0851 e. The molecule has 0 saturated carbocycles. The Hall–Kier alpha value is -0.800. The summed E-state index contributed by atoms with van der Waals surface area (Å²) in [5, 5.41) is 0.763. The third-order valence-electron chi connectivity index (χ3n) is 3.70. The topological polar surface area (TPSA) is 42.2 Å². The van der Waals surface area contributed by atoms with Crippen LogP contribution in [-0.4, -0.2) is 24.1 Å². The summed E-state index contributed by atoms with van der Waals surface area (Å²) < 4.78 is 0. The molecule has 0 amide bonds. The van der Waals surface area contributed by atoms with Gasteiger partial charge >= 0.3 is 0 Å². The molecular weight excluding hydrogens is 234 g/mol. The number of halogens is 1. The molecule has 4 heteroatoms. The van der Waals surface area contributed by atoms with E-state index in [-0.39, 0.29) is 11.5 Å². The van der Waals surface area contributed by atoms with Crippen LogP contribution in [0.3, 0.4) is 0 Å². The van der Waals surface area contributed by atoms with Crippen molar-refractivity contribution in [3.63, 3.8) is 0 Å². The number of hydrogen-bond donors (Lipinski definition) is 1. The number of aromatic nitrogens is 1. The summed E-state index contributed by atoms with van der Waals surface area (Å²) in [7, 11) is 0. The van der Waals surface area contributed by atoms with Gasteiger partial charge in [-0.05, 0) is 24.8 Å². The molecule has 1 saturated heterocycles. The molecule has 1 aromatic heterocycles. The van der Waals surface area contributed by atoms with E-state index < -0.39 is 0 Å². The van der Waals surface area contributed by atoms with E-state index in [9.17, 15) is 0 Å². The lowest BCUT2D eigenvalue weighted by Gasteiger charge is -2.44. The van der Waals surface area contributed by atoms with E-state index in [1.165, 1.54) is 0 Å². The first-order valence-electron chi connectivity index (χ1n) is 6.03. The molecule has 0 spiro atoms. The second-order valence-corrected chi connectivity index (χ2v) is 5.91. The van der Waals surface area contributed by atoms with Gasteiger partial charge < -0.3 is 10.6 Å². The number of aryl methyl sites for hydroxylation is 1. The maximum Gasteiger partial charge on any atom is 0.0851 e. The molecule has 0 aromatic carbocycles. The molecular formula is C13H20ClN3. The Kier molecular flexibility index (Phi) is 3.32. The molecule has 94 valence electrons. The third-order valence-corrected chi connectivity index (χ3v) is 4.16. The van der Waals surface area contributed by atoms with Gasteiger partial charge in [0.25, 0.3) is 0 Å². The summed E-state index contributed by atoms with van der Waals surface area (Å²) in [4.78, 5) is 6.52. The van der Waals surface area contributed by atoms with Gasteiger partial charge in [-0.3, -0.25) is 4.98 Å². The van der Waals surface area contributed by atoms with E-state index in [2.05, 4.69) is 23.7 Å². The van der Waals surface area contributed by atoms with E-state index in [1.807, 2.05) is 19.2 Å². The van der Waals surface area contributed by atoms with Crippen LogP contribution in [0.4, 0.5) is 5.69 Å². The van der Waals surface area contributed by atoms with Crippen LogP contribution in [-0.2, 0) is 0 Å². The van der Waals surface area contributed by atoms with Crippen molar-refractivity contribution in [1.29, 1.82) is 0 Å². The Morgan fingerprint density at radius 1 is 1.53 bits per heavy atom. The lowest BCUT2D eigenvalue weighted by Crippen LogP contribution is -2.52. The van der Waals surface area contributed by atoms with Gasteiger partial charge in [-0.2, -0.15) is 0 Å². The summed E-state index contributed by atoms with van der Waals surface area (Å²) in [6.07, 6.45) is 2.82. The number of pyridine rings is 1. The van der Waals surface area contributed by atoms with Crippen molar-refractivity contribution in [3.05, 3.63) is 23.0 Å². The molecule has 1 aliphatic heterocycles. The number of anilines is 1. The fourth-order valence-electron chi connectivity index (χ4n) is 2.36. The van der Waals surface area contributed by atoms with Crippen molar-refractivity contribution in [2.45, 2.75) is 33.2 Å². The number of nitrogens with two attached hydrogens (primary N) is 1. The summed E-state index contributed by atoms with van der Waals surface area (Å²) in [5.41, 5.74) is 8.24. The lowest BCUT2D eigenvalue weighted by molar-refractivity contribution is 0.245. The lowest BCUT2D eigenvalue weighted by atomic mass is 9.79. The molecule has 1 atom stereocenters. The first-order valence-corrected chi connectivity index (χ1v) is 6.41. The van der Waals surface area contributed by atoms with Gasteiger partial charge in [0.2, 0.25) is 0 Å². The Morgan fingerprint density at radius 2 is 2.24 bits per heavy atom. The predicted molar refractivity (Wildman–Crippen MR) is 72.6 cm³/mol. The van der Waals surface area contributed by atoms with Crippen molar-refractivity contribution >= 4 is 17.3 Å². The van der Waals surface area contributed by atoms with E-state index in [4.69, 9.17) is 17.3 Å². The Bertz CT molecular complexity index is 417. The minimum atomic E-state index is 0.124. The van der Waals surface area contributed by atoms with Crippen LogP contribution in [0.2, 0.25) is 5.02 Å². The highest BCUT2D eigenvalue weighted by Crippen LogP contribution is 2.34. The quantitative estimate of drug-likeness (QED) is 0.837. The van der Waals surface area contributed by atoms with Gasteiger partial charge in [0.1, 0.15) is 0 Å². The zero-order valence-electron chi connectivity index (χ0n) is 10.7. The molecule has 1 aromatic rings. The van der Waals surface area contributed by atoms with Crippen LogP contribution >= 0.6 is 11.6 Å². The fraction of sp³-hybridized carbons (Fsp3) is 0.615. The SMILES string of the molecule is Cc1nccc(N2CCC(N)C(C)(C)C2)c1Cl. The van der Waals surface area contributed by atoms with Crippen LogP contribution in [0.5, 0.6) is 0 Å². The van der Waals surface area contributed by atoms with Gasteiger partial charge in [-0.25, -0.2) is 0 Å². The van der Waals surface area contributed by atoms with Gasteiger partial charge in [0.15, 0.2) is 0 Å². The second kappa shape index (κ2) is 4.46. The van der Waals surface area contributed by atoms with Crippen LogP contribution in [0.1, 0.15) is 26.0 Å². The Morgan fingerprint density at radius 3 is 2.88 bits per heavy atom. The highest BCUT2D eigenvalue weighted by Gasteiger charge is 2.34. The van der Waals surface area contributed by atoms with Crippen LogP contribution < -0.4 is 10.6 Å². The third kappa shape index (κ3) is 2.40. The summed E-state index contributed by atoms with van der Waals surface area (Å²) in [6, 6.07) is 2.25. The van der Waals surface area contributed by atoms with Gasteiger partial charge in [0, 0.05) is 25.3 Å². The molecule has 0 radical (unpaired) electrons. The summed E-state index contributed by atoms with van der Waals surface area (Å²) in [6.45, 7) is 8.27. The molecule has 2 heterocycles. The highest BCUT2D eigenvalue weighted by molar-refractivity contribution is 6.33. The van der Waals surface area contributed by atoms with Crippen molar-refractivity contribution in [3.8, 4) is 0 Å². The van der Waals surface area contributed by atoms with Gasteiger partial charge in [-0.15, -0.1) is 0 Å². The number of hydrogen-bond acceptors (Lipinski definition) is 3. The van der Waals surface area contributed by atoms with Crippen LogP contribution in [0, 0.1) is 12.3 Å². The second-order valence-electron chi connectivity index (χ2n) is 5.53. The fourth-order valence-corrected chi connectivity index (χ4v) is 2.59. The zero-order chi connectivity index (χ0) is 12.6. The van der Waals surface area contributed by atoms with Crippen molar-refractivity contribution in [2.24, 2.45) is 11.1 Å². The summed E-state index contributed by atoms with van der Waals surface area (Å²) in [5.74, 6) is 0. The minimum absolute atomic E-state index is 0.124.